The van der Waals surface area contributed by atoms with Crippen molar-refractivity contribution in [1.29, 1.82) is 0 Å². The molecule has 0 aliphatic heterocycles. The Labute approximate surface area is 95.4 Å². The number of alkyl halides is 3. The first-order valence-electron chi connectivity index (χ1n) is 5.27. The highest BCUT2D eigenvalue weighted by Crippen LogP contribution is 2.40. The fraction of sp³-hybridized carbons (Fsp3) is 0.600. The molecule has 1 aromatic rings. The molecule has 1 heterocycles. The van der Waals surface area contributed by atoms with Crippen LogP contribution in [-0.2, 0) is 10.9 Å². The molecule has 0 radical (unpaired) electrons. The van der Waals surface area contributed by atoms with Crippen LogP contribution < -0.4 is 0 Å². The van der Waals surface area contributed by atoms with Gasteiger partial charge in [-0.1, -0.05) is 0 Å². The average Bonchev–Trinajstić information content (AvgIpc) is 2.95. The minimum Gasteiger partial charge on any atom is -0.461 e. The summed E-state index contributed by atoms with van der Waals surface area (Å²) < 4.78 is 43.6. The van der Waals surface area contributed by atoms with Gasteiger partial charge in [0.2, 0.25) is 0 Å². The van der Waals surface area contributed by atoms with Gasteiger partial charge in [0.1, 0.15) is 5.69 Å². The summed E-state index contributed by atoms with van der Waals surface area (Å²) in [5.41, 5.74) is -1.17. The number of hydrogen-bond donors (Lipinski definition) is 0. The number of aromatic nitrogens is 2. The third-order valence-corrected chi connectivity index (χ3v) is 2.40. The first-order chi connectivity index (χ1) is 7.93. The van der Waals surface area contributed by atoms with Crippen molar-refractivity contribution in [3.05, 3.63) is 17.5 Å². The van der Waals surface area contributed by atoms with Gasteiger partial charge in [-0.3, -0.25) is 4.68 Å². The minimum atomic E-state index is -4.50. The van der Waals surface area contributed by atoms with Crippen molar-refractivity contribution in [2.75, 3.05) is 6.61 Å². The first kappa shape index (κ1) is 11.9. The van der Waals surface area contributed by atoms with Crippen LogP contribution >= 0.6 is 0 Å². The van der Waals surface area contributed by atoms with E-state index in [9.17, 15) is 18.0 Å². The van der Waals surface area contributed by atoms with E-state index in [1.54, 1.807) is 6.92 Å². The van der Waals surface area contributed by atoms with Crippen LogP contribution in [0.2, 0.25) is 0 Å². The quantitative estimate of drug-likeness (QED) is 0.771. The zero-order chi connectivity index (χ0) is 12.6. The van der Waals surface area contributed by atoms with Gasteiger partial charge in [-0.2, -0.15) is 18.3 Å². The summed E-state index contributed by atoms with van der Waals surface area (Å²) in [6, 6.07) is 0.505. The number of carbonyl (C=O) groups excluding carboxylic acids is 1. The van der Waals surface area contributed by atoms with Crippen LogP contribution in [0.15, 0.2) is 6.07 Å². The highest BCUT2D eigenvalue weighted by molar-refractivity contribution is 5.87. The van der Waals surface area contributed by atoms with Gasteiger partial charge >= 0.3 is 12.1 Å². The second-order valence-corrected chi connectivity index (χ2v) is 3.81. The van der Waals surface area contributed by atoms with Crippen LogP contribution in [-0.4, -0.2) is 22.4 Å². The number of ether oxygens (including phenoxy) is 1. The normalized spacial score (nSPS) is 16.0. The van der Waals surface area contributed by atoms with E-state index in [4.69, 9.17) is 0 Å². The molecule has 0 aromatic carbocycles. The van der Waals surface area contributed by atoms with Crippen molar-refractivity contribution in [2.45, 2.75) is 32.0 Å². The van der Waals surface area contributed by atoms with Gasteiger partial charge in [-0.25, -0.2) is 4.79 Å². The van der Waals surface area contributed by atoms with Crippen LogP contribution in [0.1, 0.15) is 42.0 Å². The Balaban J connectivity index is 2.34. The Bertz CT molecular complexity index is 435. The number of hydrogen-bond acceptors (Lipinski definition) is 3. The molecule has 94 valence electrons. The van der Waals surface area contributed by atoms with Gasteiger partial charge in [-0.15, -0.1) is 0 Å². The summed E-state index contributed by atoms with van der Waals surface area (Å²) in [7, 11) is 0. The lowest BCUT2D eigenvalue weighted by Crippen LogP contribution is -2.13. The van der Waals surface area contributed by atoms with Gasteiger partial charge < -0.3 is 4.74 Å². The van der Waals surface area contributed by atoms with Gasteiger partial charge in [0.25, 0.3) is 0 Å². The van der Waals surface area contributed by atoms with Crippen LogP contribution in [0.25, 0.3) is 0 Å². The van der Waals surface area contributed by atoms with Crippen LogP contribution in [0.4, 0.5) is 13.2 Å². The van der Waals surface area contributed by atoms with Crippen LogP contribution in [0.3, 0.4) is 0 Å². The standard InChI is InChI=1S/C10H11F3N2O2/c1-2-17-9(16)7-5-8(10(11,12)13)15(14-7)6-3-4-6/h5-6H,2-4H2,1H3. The van der Waals surface area contributed by atoms with Gasteiger partial charge in [-0.05, 0) is 19.8 Å². The second-order valence-electron chi connectivity index (χ2n) is 3.81. The van der Waals surface area contributed by atoms with Crippen molar-refractivity contribution >= 4 is 5.97 Å². The Kier molecular flexibility index (Phi) is 2.84. The summed E-state index contributed by atoms with van der Waals surface area (Å²) in [4.78, 5) is 11.3. The molecule has 0 saturated heterocycles. The minimum absolute atomic E-state index is 0.108. The topological polar surface area (TPSA) is 44.1 Å². The maximum atomic E-state index is 12.7. The summed E-state index contributed by atoms with van der Waals surface area (Å²) >= 11 is 0. The van der Waals surface area contributed by atoms with Crippen molar-refractivity contribution in [3.8, 4) is 0 Å². The molecule has 0 unspecified atom stereocenters. The predicted molar refractivity (Wildman–Crippen MR) is 51.5 cm³/mol. The van der Waals surface area contributed by atoms with Gasteiger partial charge in [0, 0.05) is 6.07 Å². The molecule has 7 heteroatoms. The Morgan fingerprint density at radius 3 is 2.71 bits per heavy atom. The van der Waals surface area contributed by atoms with Crippen molar-refractivity contribution in [2.24, 2.45) is 0 Å². The van der Waals surface area contributed by atoms with Crippen molar-refractivity contribution in [1.82, 2.24) is 9.78 Å². The van der Waals surface area contributed by atoms with E-state index in [-0.39, 0.29) is 18.3 Å². The molecule has 1 aliphatic carbocycles. The van der Waals surface area contributed by atoms with E-state index in [2.05, 4.69) is 9.84 Å². The first-order valence-corrected chi connectivity index (χ1v) is 5.27. The van der Waals surface area contributed by atoms with E-state index < -0.39 is 17.8 Å². The molecule has 0 amide bonds. The van der Waals surface area contributed by atoms with E-state index in [0.29, 0.717) is 12.8 Å². The van der Waals surface area contributed by atoms with Crippen molar-refractivity contribution in [3.63, 3.8) is 0 Å². The summed E-state index contributed by atoms with van der Waals surface area (Å²) in [6.45, 7) is 1.69. The molecule has 0 atom stereocenters. The number of nitrogens with zero attached hydrogens (tertiary/aromatic N) is 2. The molecule has 0 spiro atoms. The van der Waals surface area contributed by atoms with Crippen LogP contribution in [0.5, 0.6) is 0 Å². The Hall–Kier alpha value is -1.53. The zero-order valence-corrected chi connectivity index (χ0v) is 9.12. The SMILES string of the molecule is CCOC(=O)c1cc(C(F)(F)F)n(C2CC2)n1. The number of rotatable bonds is 3. The fourth-order valence-electron chi connectivity index (χ4n) is 1.51. The molecule has 2 rings (SSSR count). The predicted octanol–water partition coefficient (Wildman–Crippen LogP) is 2.41. The molecule has 0 bridgehead atoms. The molecule has 0 N–H and O–H groups in total. The molecular weight excluding hydrogens is 237 g/mol. The molecule has 1 aliphatic rings. The highest BCUT2D eigenvalue weighted by Gasteiger charge is 2.40. The van der Waals surface area contributed by atoms with E-state index >= 15 is 0 Å². The fourth-order valence-corrected chi connectivity index (χ4v) is 1.51. The third-order valence-electron chi connectivity index (χ3n) is 2.40. The number of esters is 1. The zero-order valence-electron chi connectivity index (χ0n) is 9.12. The molecule has 4 nitrogen and oxygen atoms in total. The molecular formula is C10H11F3N2O2. The smallest absolute Gasteiger partial charge is 0.433 e. The lowest BCUT2D eigenvalue weighted by molar-refractivity contribution is -0.144. The maximum Gasteiger partial charge on any atom is 0.433 e. The molecule has 1 saturated carbocycles. The van der Waals surface area contributed by atoms with Crippen LogP contribution in [0, 0.1) is 0 Å². The lowest BCUT2D eigenvalue weighted by atomic mass is 10.3. The second kappa shape index (κ2) is 4.05. The highest BCUT2D eigenvalue weighted by atomic mass is 19.4. The molecule has 1 fully saturated rings. The van der Waals surface area contributed by atoms with Gasteiger partial charge in [0.05, 0.1) is 12.6 Å². The summed E-state index contributed by atoms with van der Waals surface area (Å²) in [5.74, 6) is -0.822. The lowest BCUT2D eigenvalue weighted by Gasteiger charge is -2.08. The van der Waals surface area contributed by atoms with E-state index in [1.165, 1.54) is 0 Å². The summed E-state index contributed by atoms with van der Waals surface area (Å²) in [5, 5.41) is 3.68. The van der Waals surface area contributed by atoms with E-state index in [1.807, 2.05) is 0 Å². The molecule has 1 aromatic heterocycles. The monoisotopic (exact) mass is 248 g/mol. The number of halogens is 3. The Morgan fingerprint density at radius 1 is 1.59 bits per heavy atom. The van der Waals surface area contributed by atoms with Crippen molar-refractivity contribution < 1.29 is 22.7 Å². The summed E-state index contributed by atoms with van der Waals surface area (Å²) in [6.07, 6.45) is -3.18. The van der Waals surface area contributed by atoms with Gasteiger partial charge in [0.15, 0.2) is 5.69 Å². The number of carbonyl (C=O) groups is 1. The van der Waals surface area contributed by atoms with E-state index in [0.717, 1.165) is 10.7 Å². The molecule has 17 heavy (non-hydrogen) atoms. The maximum absolute atomic E-state index is 12.7. The average molecular weight is 248 g/mol. The largest absolute Gasteiger partial charge is 0.461 e. The Morgan fingerprint density at radius 2 is 2.24 bits per heavy atom. The third kappa shape index (κ3) is 2.42.